The van der Waals surface area contributed by atoms with Crippen molar-refractivity contribution in [3.05, 3.63) is 17.7 Å². The van der Waals surface area contributed by atoms with E-state index in [9.17, 15) is 0 Å². The molecule has 20 heavy (non-hydrogen) atoms. The molecule has 0 atom stereocenters. The minimum atomic E-state index is -0.399. The molecule has 0 aromatic heterocycles. The zero-order valence-corrected chi connectivity index (χ0v) is 12.7. The van der Waals surface area contributed by atoms with Gasteiger partial charge in [0, 0.05) is 18.7 Å². The molecule has 110 valence electrons. The van der Waals surface area contributed by atoms with Crippen LogP contribution < -0.4 is 19.5 Å². The number of nitriles is 1. The fourth-order valence-corrected chi connectivity index (χ4v) is 1.85. The van der Waals surface area contributed by atoms with Crippen molar-refractivity contribution in [2.24, 2.45) is 5.41 Å². The van der Waals surface area contributed by atoms with Crippen LogP contribution >= 0.6 is 0 Å². The summed E-state index contributed by atoms with van der Waals surface area (Å²) >= 11 is 0. The van der Waals surface area contributed by atoms with Gasteiger partial charge in [0.15, 0.2) is 11.5 Å². The Bertz CT molecular complexity index is 493. The van der Waals surface area contributed by atoms with E-state index in [-0.39, 0.29) is 0 Å². The van der Waals surface area contributed by atoms with Crippen LogP contribution in [0.3, 0.4) is 0 Å². The lowest BCUT2D eigenvalue weighted by Gasteiger charge is -2.18. The Labute approximate surface area is 120 Å². The largest absolute Gasteiger partial charge is 0.493 e. The lowest BCUT2D eigenvalue weighted by atomic mass is 9.96. The summed E-state index contributed by atoms with van der Waals surface area (Å²) in [6.07, 6.45) is 0. The smallest absolute Gasteiger partial charge is 0.203 e. The number of benzene rings is 1. The maximum Gasteiger partial charge on any atom is 0.203 e. The number of ether oxygens (including phenoxy) is 3. The first-order valence-electron chi connectivity index (χ1n) is 6.39. The summed E-state index contributed by atoms with van der Waals surface area (Å²) in [6.45, 7) is 4.98. The van der Waals surface area contributed by atoms with Crippen LogP contribution in [0.1, 0.15) is 19.4 Å². The number of hydrogen-bond donors (Lipinski definition) is 1. The Morgan fingerprint density at radius 1 is 1.10 bits per heavy atom. The average Bonchev–Trinajstić information content (AvgIpc) is 2.46. The van der Waals surface area contributed by atoms with Crippen molar-refractivity contribution in [1.82, 2.24) is 5.32 Å². The Kier molecular flexibility index (Phi) is 5.66. The van der Waals surface area contributed by atoms with Crippen molar-refractivity contribution in [1.29, 1.82) is 5.26 Å². The van der Waals surface area contributed by atoms with Crippen molar-refractivity contribution in [3.8, 4) is 23.3 Å². The van der Waals surface area contributed by atoms with Gasteiger partial charge in [-0.15, -0.1) is 0 Å². The molecule has 5 heteroatoms. The molecule has 0 bridgehead atoms. The minimum Gasteiger partial charge on any atom is -0.493 e. The van der Waals surface area contributed by atoms with Crippen molar-refractivity contribution in [3.63, 3.8) is 0 Å². The molecule has 1 aromatic rings. The predicted octanol–water partition coefficient (Wildman–Crippen LogP) is 2.35. The molecule has 0 unspecified atom stereocenters. The van der Waals surface area contributed by atoms with Crippen molar-refractivity contribution >= 4 is 0 Å². The normalized spacial score (nSPS) is 10.8. The van der Waals surface area contributed by atoms with E-state index in [0.29, 0.717) is 30.3 Å². The Morgan fingerprint density at radius 2 is 1.75 bits per heavy atom. The van der Waals surface area contributed by atoms with Gasteiger partial charge in [-0.05, 0) is 19.9 Å². The van der Waals surface area contributed by atoms with Crippen molar-refractivity contribution < 1.29 is 14.2 Å². The quantitative estimate of drug-likeness (QED) is 0.829. The van der Waals surface area contributed by atoms with Crippen molar-refractivity contribution in [2.75, 3.05) is 27.9 Å². The fourth-order valence-electron chi connectivity index (χ4n) is 1.85. The maximum atomic E-state index is 8.99. The molecular formula is C15H22N2O3. The summed E-state index contributed by atoms with van der Waals surface area (Å²) < 4.78 is 16.0. The lowest BCUT2D eigenvalue weighted by Crippen LogP contribution is -2.27. The zero-order chi connectivity index (χ0) is 15.2. The molecule has 1 N–H and O–H groups in total. The average molecular weight is 278 g/mol. The summed E-state index contributed by atoms with van der Waals surface area (Å²) in [5.41, 5.74) is 0.558. The van der Waals surface area contributed by atoms with Crippen LogP contribution in [-0.2, 0) is 6.54 Å². The molecule has 0 aliphatic carbocycles. The number of methoxy groups -OCH3 is 3. The van der Waals surface area contributed by atoms with Crippen LogP contribution in [0.4, 0.5) is 0 Å². The van der Waals surface area contributed by atoms with Gasteiger partial charge in [0.2, 0.25) is 5.75 Å². The van der Waals surface area contributed by atoms with Gasteiger partial charge >= 0.3 is 0 Å². The van der Waals surface area contributed by atoms with E-state index < -0.39 is 5.41 Å². The van der Waals surface area contributed by atoms with Crippen LogP contribution in [0.15, 0.2) is 12.1 Å². The van der Waals surface area contributed by atoms with Gasteiger partial charge in [-0.3, -0.25) is 0 Å². The minimum absolute atomic E-state index is 0.399. The highest BCUT2D eigenvalue weighted by Crippen LogP contribution is 2.39. The number of nitrogens with zero attached hydrogens (tertiary/aromatic N) is 1. The zero-order valence-electron chi connectivity index (χ0n) is 12.7. The van der Waals surface area contributed by atoms with Gasteiger partial charge in [0.25, 0.3) is 0 Å². The summed E-state index contributed by atoms with van der Waals surface area (Å²) in [6, 6.07) is 6.02. The van der Waals surface area contributed by atoms with E-state index >= 15 is 0 Å². The molecule has 0 spiro atoms. The van der Waals surface area contributed by atoms with E-state index in [1.54, 1.807) is 21.3 Å². The molecule has 0 radical (unpaired) electrons. The molecular weight excluding hydrogens is 256 g/mol. The monoisotopic (exact) mass is 278 g/mol. The third-order valence-electron chi connectivity index (χ3n) is 2.97. The summed E-state index contributed by atoms with van der Waals surface area (Å²) in [7, 11) is 4.76. The van der Waals surface area contributed by atoms with E-state index in [4.69, 9.17) is 19.5 Å². The van der Waals surface area contributed by atoms with Gasteiger partial charge in [-0.2, -0.15) is 5.26 Å². The molecule has 0 aliphatic rings. The van der Waals surface area contributed by atoms with Crippen LogP contribution in [-0.4, -0.2) is 27.9 Å². The van der Waals surface area contributed by atoms with Gasteiger partial charge < -0.3 is 19.5 Å². The highest BCUT2D eigenvalue weighted by atomic mass is 16.5. The first kappa shape index (κ1) is 16.1. The van der Waals surface area contributed by atoms with E-state index in [0.717, 1.165) is 5.56 Å². The fraction of sp³-hybridized carbons (Fsp3) is 0.533. The second-order valence-electron chi connectivity index (χ2n) is 5.09. The van der Waals surface area contributed by atoms with E-state index in [1.165, 1.54) is 0 Å². The van der Waals surface area contributed by atoms with E-state index in [1.807, 2.05) is 26.0 Å². The molecule has 0 saturated heterocycles. The number of nitrogens with one attached hydrogen (secondary N) is 1. The second-order valence-corrected chi connectivity index (χ2v) is 5.09. The van der Waals surface area contributed by atoms with Gasteiger partial charge in [0.05, 0.1) is 32.8 Å². The second kappa shape index (κ2) is 7.01. The SMILES string of the molecule is COc1ccc(CNCC(C)(C)C#N)c(OC)c1OC. The summed E-state index contributed by atoms with van der Waals surface area (Å²) in [5.74, 6) is 1.86. The van der Waals surface area contributed by atoms with Gasteiger partial charge in [-0.1, -0.05) is 6.07 Å². The van der Waals surface area contributed by atoms with Crippen LogP contribution in [0, 0.1) is 16.7 Å². The van der Waals surface area contributed by atoms with E-state index in [2.05, 4.69) is 11.4 Å². The molecule has 0 aliphatic heterocycles. The van der Waals surface area contributed by atoms with Gasteiger partial charge in [-0.25, -0.2) is 0 Å². The van der Waals surface area contributed by atoms with Crippen LogP contribution in [0.2, 0.25) is 0 Å². The standard InChI is InChI=1S/C15H22N2O3/c1-15(2,9-16)10-17-8-11-6-7-12(18-3)14(20-5)13(11)19-4/h6-7,17H,8,10H2,1-5H3. The number of hydrogen-bond acceptors (Lipinski definition) is 5. The van der Waals surface area contributed by atoms with Gasteiger partial charge in [0.1, 0.15) is 0 Å². The summed E-state index contributed by atoms with van der Waals surface area (Å²) in [5, 5.41) is 12.2. The van der Waals surface area contributed by atoms with Crippen molar-refractivity contribution in [2.45, 2.75) is 20.4 Å². The predicted molar refractivity (Wildman–Crippen MR) is 77.2 cm³/mol. The Hall–Kier alpha value is -1.93. The summed E-state index contributed by atoms with van der Waals surface area (Å²) in [4.78, 5) is 0. The van der Waals surface area contributed by atoms with Crippen LogP contribution in [0.5, 0.6) is 17.2 Å². The molecule has 0 amide bonds. The Balaban J connectivity index is 2.88. The van der Waals surface area contributed by atoms with Crippen LogP contribution in [0.25, 0.3) is 0 Å². The highest BCUT2D eigenvalue weighted by molar-refractivity contribution is 5.55. The molecule has 5 nitrogen and oxygen atoms in total. The first-order chi connectivity index (χ1) is 9.49. The lowest BCUT2D eigenvalue weighted by molar-refractivity contribution is 0.321. The Morgan fingerprint density at radius 3 is 2.25 bits per heavy atom. The maximum absolute atomic E-state index is 8.99. The first-order valence-corrected chi connectivity index (χ1v) is 6.39. The molecule has 0 fully saturated rings. The third kappa shape index (κ3) is 3.78. The molecule has 0 heterocycles. The molecule has 1 aromatic carbocycles. The molecule has 1 rings (SSSR count). The third-order valence-corrected chi connectivity index (χ3v) is 2.97. The molecule has 0 saturated carbocycles. The topological polar surface area (TPSA) is 63.5 Å². The number of rotatable bonds is 7. The highest BCUT2D eigenvalue weighted by Gasteiger charge is 2.18.